The Morgan fingerprint density at radius 1 is 1.20 bits per heavy atom. The van der Waals surface area contributed by atoms with E-state index in [9.17, 15) is 9.90 Å². The van der Waals surface area contributed by atoms with E-state index in [0.29, 0.717) is 21.3 Å². The van der Waals surface area contributed by atoms with Crippen molar-refractivity contribution >= 4 is 34.9 Å². The van der Waals surface area contributed by atoms with Crippen LogP contribution in [0.15, 0.2) is 12.1 Å². The van der Waals surface area contributed by atoms with E-state index in [1.165, 1.54) is 12.8 Å². The maximum atomic E-state index is 11.7. The number of halogens is 2. The summed E-state index contributed by atoms with van der Waals surface area (Å²) in [5.41, 5.74) is 6.88. The number of rotatable bonds is 3. The molecule has 0 aromatic heterocycles. The molecule has 110 valence electrons. The third-order valence-electron chi connectivity index (χ3n) is 4.10. The maximum absolute atomic E-state index is 11.7. The molecule has 1 atom stereocenters. The summed E-state index contributed by atoms with van der Waals surface area (Å²) in [5.74, 6) is -1.36. The molecule has 0 heterocycles. The zero-order valence-electron chi connectivity index (χ0n) is 11.2. The maximum Gasteiger partial charge on any atom is 0.311 e. The van der Waals surface area contributed by atoms with Gasteiger partial charge in [0, 0.05) is 5.02 Å². The molecule has 20 heavy (non-hydrogen) atoms. The van der Waals surface area contributed by atoms with Gasteiger partial charge in [-0.2, -0.15) is 0 Å². The van der Waals surface area contributed by atoms with E-state index in [4.69, 9.17) is 28.9 Å². The Bertz CT molecular complexity index is 497. The summed E-state index contributed by atoms with van der Waals surface area (Å²) < 4.78 is 0. The number of carboxylic acid groups (broad SMARTS) is 1. The Labute approximate surface area is 129 Å². The fourth-order valence-corrected chi connectivity index (χ4v) is 3.60. The van der Waals surface area contributed by atoms with Crippen LogP contribution in [0.5, 0.6) is 0 Å². The number of benzene rings is 1. The van der Waals surface area contributed by atoms with Crippen molar-refractivity contribution in [3.63, 3.8) is 0 Å². The van der Waals surface area contributed by atoms with Gasteiger partial charge in [0.15, 0.2) is 0 Å². The number of carbonyl (C=O) groups is 1. The van der Waals surface area contributed by atoms with E-state index in [1.54, 1.807) is 12.1 Å². The minimum absolute atomic E-state index is 0.104. The molecule has 5 heteroatoms. The smallest absolute Gasteiger partial charge is 0.311 e. The first-order chi connectivity index (χ1) is 9.50. The van der Waals surface area contributed by atoms with Crippen LogP contribution in [0, 0.1) is 5.92 Å². The summed E-state index contributed by atoms with van der Waals surface area (Å²) >= 11 is 12.0. The molecule has 1 fully saturated rings. The molecule has 3 N–H and O–H groups in total. The highest BCUT2D eigenvalue weighted by molar-refractivity contribution is 6.36. The monoisotopic (exact) mass is 315 g/mol. The molecule has 0 spiro atoms. The SMILES string of the molecule is Nc1c(Cl)cc(Cl)cc1C(C(=O)O)C1CCCCCC1. The van der Waals surface area contributed by atoms with E-state index in [1.807, 2.05) is 0 Å². The largest absolute Gasteiger partial charge is 0.481 e. The second-order valence-electron chi connectivity index (χ2n) is 5.46. The zero-order chi connectivity index (χ0) is 14.7. The first-order valence-corrected chi connectivity index (χ1v) is 7.73. The lowest BCUT2D eigenvalue weighted by molar-refractivity contribution is -0.140. The molecule has 1 saturated carbocycles. The van der Waals surface area contributed by atoms with E-state index in [2.05, 4.69) is 0 Å². The molecule has 0 radical (unpaired) electrons. The molecule has 1 aromatic carbocycles. The number of anilines is 1. The van der Waals surface area contributed by atoms with Crippen LogP contribution in [0.25, 0.3) is 0 Å². The lowest BCUT2D eigenvalue weighted by Gasteiger charge is -2.24. The fraction of sp³-hybridized carbons (Fsp3) is 0.533. The molecule has 1 aliphatic carbocycles. The minimum atomic E-state index is -0.845. The van der Waals surface area contributed by atoms with Crippen molar-refractivity contribution in [3.8, 4) is 0 Å². The van der Waals surface area contributed by atoms with Crippen LogP contribution in [-0.4, -0.2) is 11.1 Å². The summed E-state index contributed by atoms with van der Waals surface area (Å²) in [6.45, 7) is 0. The third-order valence-corrected chi connectivity index (χ3v) is 4.63. The Morgan fingerprint density at radius 2 is 1.80 bits per heavy atom. The van der Waals surface area contributed by atoms with Gasteiger partial charge < -0.3 is 10.8 Å². The van der Waals surface area contributed by atoms with Gasteiger partial charge in [-0.05, 0) is 36.5 Å². The summed E-state index contributed by atoms with van der Waals surface area (Å²) in [4.78, 5) is 11.7. The van der Waals surface area contributed by atoms with Gasteiger partial charge in [-0.25, -0.2) is 0 Å². The number of nitrogen functional groups attached to an aromatic ring is 1. The molecule has 2 rings (SSSR count). The number of nitrogens with two attached hydrogens (primary N) is 1. The number of carboxylic acids is 1. The van der Waals surface area contributed by atoms with Crippen LogP contribution in [0.4, 0.5) is 5.69 Å². The molecule has 0 saturated heterocycles. The number of hydrogen-bond donors (Lipinski definition) is 2. The highest BCUT2D eigenvalue weighted by atomic mass is 35.5. The summed E-state index contributed by atoms with van der Waals surface area (Å²) in [6, 6.07) is 3.19. The average Bonchev–Trinajstić information content (AvgIpc) is 2.64. The van der Waals surface area contributed by atoms with Gasteiger partial charge in [0.25, 0.3) is 0 Å². The van der Waals surface area contributed by atoms with Gasteiger partial charge in [-0.1, -0.05) is 48.9 Å². The van der Waals surface area contributed by atoms with Crippen LogP contribution < -0.4 is 5.73 Å². The van der Waals surface area contributed by atoms with Gasteiger partial charge in [0.05, 0.1) is 16.6 Å². The van der Waals surface area contributed by atoms with Gasteiger partial charge in [0.2, 0.25) is 0 Å². The lowest BCUT2D eigenvalue weighted by Crippen LogP contribution is -2.22. The minimum Gasteiger partial charge on any atom is -0.481 e. The van der Waals surface area contributed by atoms with E-state index >= 15 is 0 Å². The highest BCUT2D eigenvalue weighted by Gasteiger charge is 2.32. The Morgan fingerprint density at radius 3 is 2.35 bits per heavy atom. The van der Waals surface area contributed by atoms with Crippen molar-refractivity contribution in [2.45, 2.75) is 44.4 Å². The average molecular weight is 316 g/mol. The third kappa shape index (κ3) is 3.39. The van der Waals surface area contributed by atoms with Crippen molar-refractivity contribution in [3.05, 3.63) is 27.7 Å². The van der Waals surface area contributed by atoms with Gasteiger partial charge in [-0.3, -0.25) is 4.79 Å². The highest BCUT2D eigenvalue weighted by Crippen LogP contribution is 2.40. The van der Waals surface area contributed by atoms with Crippen LogP contribution in [-0.2, 0) is 4.79 Å². The van der Waals surface area contributed by atoms with Crippen molar-refractivity contribution < 1.29 is 9.90 Å². The Balaban J connectivity index is 2.40. The van der Waals surface area contributed by atoms with Crippen LogP contribution in [0.1, 0.15) is 50.0 Å². The van der Waals surface area contributed by atoms with Crippen LogP contribution >= 0.6 is 23.2 Å². The van der Waals surface area contributed by atoms with Crippen LogP contribution in [0.3, 0.4) is 0 Å². The van der Waals surface area contributed by atoms with E-state index in [0.717, 1.165) is 25.7 Å². The first kappa shape index (κ1) is 15.5. The summed E-state index contributed by atoms with van der Waals surface area (Å²) in [5, 5.41) is 10.4. The van der Waals surface area contributed by atoms with Gasteiger partial charge in [0.1, 0.15) is 0 Å². The van der Waals surface area contributed by atoms with Crippen molar-refractivity contribution in [2.24, 2.45) is 5.92 Å². The van der Waals surface area contributed by atoms with Crippen molar-refractivity contribution in [1.82, 2.24) is 0 Å². The van der Waals surface area contributed by atoms with E-state index in [-0.39, 0.29) is 5.92 Å². The molecular formula is C15H19Cl2NO2. The standard InChI is InChI=1S/C15H19Cl2NO2/c16-10-7-11(14(18)12(17)8-10)13(15(19)20)9-5-3-1-2-4-6-9/h7-9,13H,1-6,18H2,(H,19,20). The molecule has 1 aromatic rings. The molecule has 0 amide bonds. The summed E-state index contributed by atoms with van der Waals surface area (Å²) in [6.07, 6.45) is 6.33. The lowest BCUT2D eigenvalue weighted by atomic mass is 9.81. The molecular weight excluding hydrogens is 297 g/mol. The zero-order valence-corrected chi connectivity index (χ0v) is 12.8. The van der Waals surface area contributed by atoms with Gasteiger partial charge in [-0.15, -0.1) is 0 Å². The normalized spacial score (nSPS) is 18.5. The van der Waals surface area contributed by atoms with Crippen LogP contribution in [0.2, 0.25) is 10.0 Å². The number of hydrogen-bond acceptors (Lipinski definition) is 2. The van der Waals surface area contributed by atoms with Crippen molar-refractivity contribution in [2.75, 3.05) is 5.73 Å². The Kier molecular flexibility index (Phi) is 5.17. The predicted octanol–water partition coefficient (Wildman–Crippen LogP) is 4.71. The predicted molar refractivity (Wildman–Crippen MR) is 82.4 cm³/mol. The second-order valence-corrected chi connectivity index (χ2v) is 6.30. The first-order valence-electron chi connectivity index (χ1n) is 6.98. The topological polar surface area (TPSA) is 63.3 Å². The molecule has 0 bridgehead atoms. The Hall–Kier alpha value is -0.930. The molecule has 1 aliphatic rings. The second kappa shape index (κ2) is 6.68. The van der Waals surface area contributed by atoms with Crippen molar-refractivity contribution in [1.29, 1.82) is 0 Å². The summed E-state index contributed by atoms with van der Waals surface area (Å²) in [7, 11) is 0. The molecule has 0 aliphatic heterocycles. The fourth-order valence-electron chi connectivity index (χ4n) is 3.09. The van der Waals surface area contributed by atoms with Gasteiger partial charge >= 0.3 is 5.97 Å². The quantitative estimate of drug-likeness (QED) is 0.627. The molecule has 1 unspecified atom stereocenters. The molecule has 3 nitrogen and oxygen atoms in total. The van der Waals surface area contributed by atoms with E-state index < -0.39 is 11.9 Å². The number of aliphatic carboxylic acids is 1.